The maximum absolute atomic E-state index is 10.0. The SMILES string of the molecule is CC(NPP)C(=O)O. The molecule has 0 aliphatic carbocycles. The van der Waals surface area contributed by atoms with Crippen LogP contribution in [0.1, 0.15) is 6.92 Å². The van der Waals surface area contributed by atoms with E-state index in [0.29, 0.717) is 8.42 Å². The lowest BCUT2D eigenvalue weighted by atomic mass is 10.4. The summed E-state index contributed by atoms with van der Waals surface area (Å²) in [7, 11) is 2.84. The second-order valence-corrected chi connectivity index (χ2v) is 2.79. The van der Waals surface area contributed by atoms with Crippen molar-refractivity contribution in [3.63, 3.8) is 0 Å². The van der Waals surface area contributed by atoms with Crippen molar-refractivity contribution in [2.45, 2.75) is 13.0 Å². The van der Waals surface area contributed by atoms with E-state index in [-0.39, 0.29) is 0 Å². The Kier molecular flexibility index (Phi) is 4.35. The Morgan fingerprint density at radius 1 is 2.00 bits per heavy atom. The highest BCUT2D eigenvalue weighted by Gasteiger charge is 2.06. The highest BCUT2D eigenvalue weighted by Crippen LogP contribution is 2.14. The number of carbonyl (C=O) groups is 1. The number of hydrogen-bond donors (Lipinski definition) is 2. The quantitative estimate of drug-likeness (QED) is 0.578. The van der Waals surface area contributed by atoms with Gasteiger partial charge in [-0.3, -0.25) is 9.88 Å². The highest BCUT2D eigenvalue weighted by atomic mass is 32.0. The van der Waals surface area contributed by atoms with Crippen molar-refractivity contribution in [1.29, 1.82) is 0 Å². The molecule has 0 heterocycles. The van der Waals surface area contributed by atoms with Gasteiger partial charge in [-0.1, -0.05) is 8.93 Å². The molecule has 0 radical (unpaired) electrons. The molecule has 48 valence electrons. The Bertz CT molecular complexity index is 87.4. The monoisotopic (exact) mass is 153 g/mol. The predicted octanol–water partition coefficient (Wildman–Crippen LogP) is 0.433. The van der Waals surface area contributed by atoms with Crippen LogP contribution in [-0.2, 0) is 4.79 Å². The molecule has 2 N–H and O–H groups in total. The van der Waals surface area contributed by atoms with Gasteiger partial charge in [-0.05, 0) is 15.3 Å². The predicted molar refractivity (Wildman–Crippen MR) is 38.3 cm³/mol. The van der Waals surface area contributed by atoms with Crippen LogP contribution in [0.25, 0.3) is 0 Å². The zero-order valence-electron chi connectivity index (χ0n) is 4.51. The Morgan fingerprint density at radius 2 is 2.50 bits per heavy atom. The number of hydrogen-bond acceptors (Lipinski definition) is 2. The summed E-state index contributed by atoms with van der Waals surface area (Å²) in [5, 5.41) is 11.0. The van der Waals surface area contributed by atoms with Crippen LogP contribution in [0, 0.1) is 0 Å². The van der Waals surface area contributed by atoms with Crippen LogP contribution in [0.2, 0.25) is 0 Å². The standard InChI is InChI=1S/C3H9NO2P2/c1-2(3(5)6)4-8-7/h2,4,8H,7H2,1H3,(H,5,6). The molecule has 0 saturated carbocycles. The fourth-order valence-electron chi connectivity index (χ4n) is 0.187. The maximum atomic E-state index is 10.0. The largest absolute Gasteiger partial charge is 0.480 e. The van der Waals surface area contributed by atoms with Gasteiger partial charge >= 0.3 is 5.97 Å². The zero-order valence-corrected chi connectivity index (χ0v) is 6.66. The van der Waals surface area contributed by atoms with Crippen molar-refractivity contribution >= 4 is 23.3 Å². The molecular formula is C3H9NO2P2. The third kappa shape index (κ3) is 3.31. The van der Waals surface area contributed by atoms with Gasteiger partial charge < -0.3 is 5.11 Å². The Hall–Kier alpha value is 0.290. The molecule has 5 heteroatoms. The van der Waals surface area contributed by atoms with E-state index in [4.69, 9.17) is 5.11 Å². The number of aliphatic carboxylic acids is 1. The molecule has 0 spiro atoms. The van der Waals surface area contributed by atoms with E-state index >= 15 is 0 Å². The van der Waals surface area contributed by atoms with Gasteiger partial charge in [0.2, 0.25) is 0 Å². The number of carboxylic acid groups (broad SMARTS) is 1. The summed E-state index contributed by atoms with van der Waals surface area (Å²) in [4.78, 5) is 10.0. The van der Waals surface area contributed by atoms with Crippen molar-refractivity contribution in [3.8, 4) is 0 Å². The first-order valence-corrected chi connectivity index (χ1v) is 4.93. The van der Waals surface area contributed by atoms with Crippen LogP contribution in [0.5, 0.6) is 0 Å². The highest BCUT2D eigenvalue weighted by molar-refractivity contribution is 8.01. The Balaban J connectivity index is 3.32. The van der Waals surface area contributed by atoms with Crippen LogP contribution in [0.3, 0.4) is 0 Å². The van der Waals surface area contributed by atoms with Crippen molar-refractivity contribution in [2.24, 2.45) is 0 Å². The number of carboxylic acids is 1. The van der Waals surface area contributed by atoms with Gasteiger partial charge in [0, 0.05) is 0 Å². The van der Waals surface area contributed by atoms with Gasteiger partial charge in [0.1, 0.15) is 6.04 Å². The van der Waals surface area contributed by atoms with Gasteiger partial charge in [-0.25, -0.2) is 0 Å². The van der Waals surface area contributed by atoms with Crippen molar-refractivity contribution in [2.75, 3.05) is 0 Å². The molecule has 3 unspecified atom stereocenters. The Morgan fingerprint density at radius 3 is 2.62 bits per heavy atom. The number of nitrogens with one attached hydrogen (secondary N) is 1. The average Bonchev–Trinajstić information content (AvgIpc) is 1.67. The van der Waals surface area contributed by atoms with Crippen molar-refractivity contribution in [3.05, 3.63) is 0 Å². The molecule has 3 atom stereocenters. The fraction of sp³-hybridized carbons (Fsp3) is 0.667. The fourth-order valence-corrected chi connectivity index (χ4v) is 1.31. The number of rotatable bonds is 3. The van der Waals surface area contributed by atoms with Crippen molar-refractivity contribution in [1.82, 2.24) is 5.09 Å². The third-order valence-electron chi connectivity index (χ3n) is 0.670. The lowest BCUT2D eigenvalue weighted by Gasteiger charge is -2.03. The van der Waals surface area contributed by atoms with Gasteiger partial charge in [0.15, 0.2) is 0 Å². The molecule has 0 bridgehead atoms. The van der Waals surface area contributed by atoms with Gasteiger partial charge in [-0.15, -0.1) is 0 Å². The molecular weight excluding hydrogens is 144 g/mol. The van der Waals surface area contributed by atoms with Crippen LogP contribution < -0.4 is 5.09 Å². The summed E-state index contributed by atoms with van der Waals surface area (Å²) < 4.78 is 0. The maximum Gasteiger partial charge on any atom is 0.320 e. The molecule has 0 rings (SSSR count). The topological polar surface area (TPSA) is 49.3 Å². The lowest BCUT2D eigenvalue weighted by molar-refractivity contribution is -0.138. The van der Waals surface area contributed by atoms with Crippen LogP contribution in [0.4, 0.5) is 0 Å². The van der Waals surface area contributed by atoms with Gasteiger partial charge in [-0.2, -0.15) is 0 Å². The van der Waals surface area contributed by atoms with E-state index in [1.165, 1.54) is 0 Å². The summed E-state index contributed by atoms with van der Waals surface area (Å²) >= 11 is 0. The first-order valence-electron chi connectivity index (χ1n) is 2.12. The molecule has 0 saturated heterocycles. The molecule has 0 amide bonds. The molecule has 0 aromatic heterocycles. The van der Waals surface area contributed by atoms with E-state index in [1.54, 1.807) is 6.92 Å². The van der Waals surface area contributed by atoms with Crippen LogP contribution >= 0.6 is 17.3 Å². The third-order valence-corrected chi connectivity index (χ3v) is 1.77. The van der Waals surface area contributed by atoms with Crippen molar-refractivity contribution < 1.29 is 9.90 Å². The molecule has 0 aromatic rings. The lowest BCUT2D eigenvalue weighted by Crippen LogP contribution is -2.26. The molecule has 0 aliphatic heterocycles. The summed E-state index contributed by atoms with van der Waals surface area (Å²) in [6.07, 6.45) is 0. The molecule has 8 heavy (non-hydrogen) atoms. The summed E-state index contributed by atoms with van der Waals surface area (Å²) in [6.45, 7) is 1.61. The van der Waals surface area contributed by atoms with E-state index < -0.39 is 12.0 Å². The van der Waals surface area contributed by atoms with E-state index in [2.05, 4.69) is 14.0 Å². The first-order chi connectivity index (χ1) is 3.68. The van der Waals surface area contributed by atoms with Gasteiger partial charge in [0.25, 0.3) is 0 Å². The minimum atomic E-state index is -0.806. The van der Waals surface area contributed by atoms with Crippen LogP contribution in [-0.4, -0.2) is 17.1 Å². The normalized spacial score (nSPS) is 14.8. The van der Waals surface area contributed by atoms with Gasteiger partial charge in [0.05, 0.1) is 0 Å². The Labute approximate surface area is 52.2 Å². The summed E-state index contributed by atoms with van der Waals surface area (Å²) in [6, 6.07) is -0.425. The smallest absolute Gasteiger partial charge is 0.320 e. The minimum Gasteiger partial charge on any atom is -0.480 e. The second kappa shape index (κ2) is 4.20. The molecule has 0 aliphatic rings. The minimum absolute atomic E-state index is 0.417. The zero-order chi connectivity index (χ0) is 6.57. The first kappa shape index (κ1) is 8.29. The van der Waals surface area contributed by atoms with E-state index in [9.17, 15) is 4.79 Å². The van der Waals surface area contributed by atoms with E-state index in [1.807, 2.05) is 0 Å². The summed E-state index contributed by atoms with van der Waals surface area (Å²) in [5.74, 6) is -0.806. The molecule has 3 nitrogen and oxygen atoms in total. The second-order valence-electron chi connectivity index (χ2n) is 1.35. The molecule has 0 aromatic carbocycles. The van der Waals surface area contributed by atoms with Crippen LogP contribution in [0.15, 0.2) is 0 Å². The summed E-state index contributed by atoms with van der Waals surface area (Å²) in [5.41, 5.74) is 0. The van der Waals surface area contributed by atoms with E-state index in [0.717, 1.165) is 0 Å². The molecule has 0 fully saturated rings. The average molecular weight is 153 g/mol.